The topological polar surface area (TPSA) is 87.1 Å². The molecule has 3 N–H and O–H groups in total. The van der Waals surface area contributed by atoms with Crippen LogP contribution in [0.2, 0.25) is 0 Å². The van der Waals surface area contributed by atoms with Crippen molar-refractivity contribution in [2.45, 2.75) is 33.0 Å². The molecule has 0 unspecified atom stereocenters. The van der Waals surface area contributed by atoms with Crippen LogP contribution in [0.4, 0.5) is 5.95 Å². The Morgan fingerprint density at radius 2 is 2.17 bits per heavy atom. The first-order chi connectivity index (χ1) is 10.6. The molecule has 7 nitrogen and oxygen atoms in total. The second kappa shape index (κ2) is 7.58. The van der Waals surface area contributed by atoms with E-state index < -0.39 is 0 Å². The van der Waals surface area contributed by atoms with Gasteiger partial charge in [0.2, 0.25) is 5.95 Å². The van der Waals surface area contributed by atoms with Gasteiger partial charge in [-0.2, -0.15) is 9.50 Å². The second-order valence-electron chi connectivity index (χ2n) is 5.26. The standard InChI is InChI=1S/C14H18N6OS.ClH/c1-9(2)15-7-10-6-12(21)20-14(17-10)18-13(19-20)16-8-11-4-3-5-22-11;/h3-6,9,15H,7-8H2,1-2H3,(H2,16,17,18,19);1H. The molecule has 0 atom stereocenters. The van der Waals surface area contributed by atoms with Crippen molar-refractivity contribution >= 4 is 35.5 Å². The van der Waals surface area contributed by atoms with Crippen LogP contribution in [-0.4, -0.2) is 25.6 Å². The van der Waals surface area contributed by atoms with E-state index in [0.29, 0.717) is 36.6 Å². The number of hydrogen-bond acceptors (Lipinski definition) is 6. The second-order valence-corrected chi connectivity index (χ2v) is 6.29. The van der Waals surface area contributed by atoms with Gasteiger partial charge in [-0.05, 0) is 11.4 Å². The molecular weight excluding hydrogens is 336 g/mol. The van der Waals surface area contributed by atoms with Crippen molar-refractivity contribution in [3.63, 3.8) is 0 Å². The largest absolute Gasteiger partial charge is 0.350 e. The number of thiophene rings is 1. The highest BCUT2D eigenvalue weighted by molar-refractivity contribution is 7.09. The molecule has 0 aliphatic rings. The third kappa shape index (κ3) is 4.31. The van der Waals surface area contributed by atoms with Gasteiger partial charge >= 0.3 is 0 Å². The van der Waals surface area contributed by atoms with Gasteiger partial charge in [-0.15, -0.1) is 23.7 Å². The summed E-state index contributed by atoms with van der Waals surface area (Å²) in [5, 5.41) is 11.3. The summed E-state index contributed by atoms with van der Waals surface area (Å²) >= 11 is 1.67. The smallest absolute Gasteiger partial charge is 0.274 e. The zero-order valence-corrected chi connectivity index (χ0v) is 14.5. The molecule has 0 bridgehead atoms. The molecule has 23 heavy (non-hydrogen) atoms. The molecule has 0 saturated carbocycles. The minimum Gasteiger partial charge on any atom is -0.350 e. The number of nitrogens with one attached hydrogen (secondary N) is 3. The lowest BCUT2D eigenvalue weighted by atomic mass is 10.3. The Bertz CT molecular complexity index is 810. The van der Waals surface area contributed by atoms with Crippen molar-refractivity contribution in [2.75, 3.05) is 5.32 Å². The summed E-state index contributed by atoms with van der Waals surface area (Å²) < 4.78 is 1.34. The van der Waals surface area contributed by atoms with Gasteiger partial charge in [-0.3, -0.25) is 9.89 Å². The Morgan fingerprint density at radius 3 is 2.87 bits per heavy atom. The highest BCUT2D eigenvalue weighted by Crippen LogP contribution is 2.10. The molecule has 9 heteroatoms. The minimum absolute atomic E-state index is 0. The van der Waals surface area contributed by atoms with E-state index in [1.165, 1.54) is 15.5 Å². The van der Waals surface area contributed by atoms with Crippen molar-refractivity contribution in [3.05, 3.63) is 44.5 Å². The van der Waals surface area contributed by atoms with Crippen LogP contribution in [0.25, 0.3) is 5.78 Å². The fourth-order valence-corrected chi connectivity index (χ4v) is 2.63. The predicted molar refractivity (Wildman–Crippen MR) is 94.5 cm³/mol. The van der Waals surface area contributed by atoms with E-state index in [1.807, 2.05) is 31.4 Å². The highest BCUT2D eigenvalue weighted by atomic mass is 35.5. The van der Waals surface area contributed by atoms with Gasteiger partial charge in [-0.1, -0.05) is 19.9 Å². The lowest BCUT2D eigenvalue weighted by Gasteiger charge is -2.06. The van der Waals surface area contributed by atoms with Gasteiger partial charge < -0.3 is 10.6 Å². The fraction of sp³-hybridized carbons (Fsp3) is 0.357. The van der Waals surface area contributed by atoms with Crippen molar-refractivity contribution in [1.29, 1.82) is 0 Å². The van der Waals surface area contributed by atoms with Gasteiger partial charge in [0.1, 0.15) is 0 Å². The predicted octanol–water partition coefficient (Wildman–Crippen LogP) is 2.01. The molecule has 0 aromatic carbocycles. The van der Waals surface area contributed by atoms with Crippen LogP contribution in [0, 0.1) is 0 Å². The summed E-state index contributed by atoms with van der Waals surface area (Å²) in [6.45, 7) is 5.31. The number of fused-ring (bicyclic) bond motifs is 1. The van der Waals surface area contributed by atoms with Gasteiger partial charge in [0.25, 0.3) is 11.3 Å². The number of aromatic amines is 1. The van der Waals surface area contributed by atoms with Crippen molar-refractivity contribution < 1.29 is 0 Å². The number of rotatable bonds is 6. The molecule has 124 valence electrons. The lowest BCUT2D eigenvalue weighted by molar-refractivity contribution is 0.580. The van der Waals surface area contributed by atoms with E-state index in [1.54, 1.807) is 11.3 Å². The number of nitrogens with zero attached hydrogens (tertiary/aromatic N) is 3. The quantitative estimate of drug-likeness (QED) is 0.630. The van der Waals surface area contributed by atoms with Gasteiger partial charge in [0.05, 0.1) is 12.2 Å². The first-order valence-corrected chi connectivity index (χ1v) is 7.98. The molecule has 0 saturated heterocycles. The molecule has 0 amide bonds. The average Bonchev–Trinajstić information content (AvgIpc) is 3.12. The van der Waals surface area contributed by atoms with Crippen molar-refractivity contribution in [3.8, 4) is 0 Å². The summed E-state index contributed by atoms with van der Waals surface area (Å²) in [6.07, 6.45) is 0. The highest BCUT2D eigenvalue weighted by Gasteiger charge is 2.08. The van der Waals surface area contributed by atoms with Gasteiger partial charge in [0, 0.05) is 23.5 Å². The molecule has 0 radical (unpaired) electrons. The van der Waals surface area contributed by atoms with Crippen LogP contribution >= 0.6 is 23.7 Å². The molecule has 3 aromatic heterocycles. The third-order valence-electron chi connectivity index (χ3n) is 3.09. The van der Waals surface area contributed by atoms with Crippen LogP contribution in [0.3, 0.4) is 0 Å². The van der Waals surface area contributed by atoms with E-state index >= 15 is 0 Å². The molecule has 0 fully saturated rings. The summed E-state index contributed by atoms with van der Waals surface area (Å²) in [6, 6.07) is 5.90. The maximum Gasteiger partial charge on any atom is 0.274 e. The van der Waals surface area contributed by atoms with E-state index in [-0.39, 0.29) is 18.0 Å². The molecule has 0 spiro atoms. The van der Waals surface area contributed by atoms with Gasteiger partial charge in [0.15, 0.2) is 0 Å². The average molecular weight is 355 g/mol. The number of aromatic nitrogens is 4. The van der Waals surface area contributed by atoms with E-state index in [2.05, 4.69) is 25.7 Å². The van der Waals surface area contributed by atoms with Crippen LogP contribution in [0.5, 0.6) is 0 Å². The number of hydrogen-bond donors (Lipinski definition) is 3. The Hall–Kier alpha value is -1.90. The molecule has 3 aromatic rings. The number of H-pyrrole nitrogens is 1. The first kappa shape index (κ1) is 17.5. The maximum absolute atomic E-state index is 12.1. The van der Waals surface area contributed by atoms with Crippen molar-refractivity contribution in [2.24, 2.45) is 0 Å². The van der Waals surface area contributed by atoms with Crippen LogP contribution < -0.4 is 16.2 Å². The molecule has 3 heterocycles. The maximum atomic E-state index is 12.1. The monoisotopic (exact) mass is 354 g/mol. The van der Waals surface area contributed by atoms with Crippen LogP contribution in [0.15, 0.2) is 28.4 Å². The Kier molecular flexibility index (Phi) is 5.75. The molecule has 0 aliphatic heterocycles. The SMILES string of the molecule is CC(C)NCc1cc(=O)n2[nH]c(NCc3cccs3)nc2n1.Cl. The summed E-state index contributed by atoms with van der Waals surface area (Å²) in [5.41, 5.74) is 0.525. The summed E-state index contributed by atoms with van der Waals surface area (Å²) in [5.74, 6) is 0.911. The molecular formula is C14H19ClN6OS. The summed E-state index contributed by atoms with van der Waals surface area (Å²) in [4.78, 5) is 22.0. The van der Waals surface area contributed by atoms with Crippen molar-refractivity contribution in [1.82, 2.24) is 24.9 Å². The van der Waals surface area contributed by atoms with E-state index in [4.69, 9.17) is 0 Å². The van der Waals surface area contributed by atoms with Gasteiger partial charge in [-0.25, -0.2) is 4.98 Å². The Balaban J connectivity index is 0.00000192. The normalized spacial score (nSPS) is 10.9. The number of anilines is 1. The summed E-state index contributed by atoms with van der Waals surface area (Å²) in [7, 11) is 0. The zero-order chi connectivity index (χ0) is 15.5. The zero-order valence-electron chi connectivity index (χ0n) is 12.9. The lowest BCUT2D eigenvalue weighted by Crippen LogP contribution is -2.24. The van der Waals surface area contributed by atoms with E-state index in [9.17, 15) is 4.79 Å². The molecule has 0 aliphatic carbocycles. The van der Waals surface area contributed by atoms with Crippen LogP contribution in [-0.2, 0) is 13.1 Å². The van der Waals surface area contributed by atoms with Crippen LogP contribution in [0.1, 0.15) is 24.4 Å². The fourth-order valence-electron chi connectivity index (χ4n) is 1.99. The third-order valence-corrected chi connectivity index (χ3v) is 3.96. The number of halogens is 1. The Labute approximate surface area is 143 Å². The minimum atomic E-state index is -0.165. The molecule has 3 rings (SSSR count). The Morgan fingerprint density at radius 1 is 1.35 bits per heavy atom. The first-order valence-electron chi connectivity index (χ1n) is 7.10. The van der Waals surface area contributed by atoms with E-state index in [0.717, 1.165) is 0 Å².